The summed E-state index contributed by atoms with van der Waals surface area (Å²) in [6.07, 6.45) is 4.02. The van der Waals surface area contributed by atoms with Crippen molar-refractivity contribution >= 4 is 10.9 Å². The van der Waals surface area contributed by atoms with Crippen molar-refractivity contribution in [1.82, 2.24) is 9.97 Å². The van der Waals surface area contributed by atoms with E-state index in [1.165, 1.54) is 22.1 Å². The zero-order chi connectivity index (χ0) is 18.8. The Bertz CT molecular complexity index is 1100. The number of hydrogen-bond donors (Lipinski definition) is 1. The Labute approximate surface area is 164 Å². The van der Waals surface area contributed by atoms with Crippen LogP contribution in [0.15, 0.2) is 116 Å². The molecule has 1 N–H and O–H groups in total. The third kappa shape index (κ3) is 2.46. The molecule has 0 aliphatic carbocycles. The lowest BCUT2D eigenvalue weighted by Gasteiger charge is -2.35. The first kappa shape index (κ1) is 16.5. The normalized spacial score (nSPS) is 11.6. The summed E-state index contributed by atoms with van der Waals surface area (Å²) >= 11 is 0. The van der Waals surface area contributed by atoms with Gasteiger partial charge in [0, 0.05) is 23.3 Å². The standard InChI is InChI=1S/C26H20N2/c1-3-11-20(12-4-1)26(21-13-5-2-6-14-21,25-17-9-10-18-27-25)23-19-28-24-16-8-7-15-22(23)24/h1-19,28H. The number of aromatic amines is 1. The number of H-pyrrole nitrogens is 1. The predicted molar refractivity (Wildman–Crippen MR) is 114 cm³/mol. The Morgan fingerprint density at radius 2 is 1.21 bits per heavy atom. The maximum absolute atomic E-state index is 4.85. The van der Waals surface area contributed by atoms with Crippen LogP contribution < -0.4 is 0 Å². The molecule has 0 atom stereocenters. The molecule has 0 spiro atoms. The van der Waals surface area contributed by atoms with Gasteiger partial charge in [-0.1, -0.05) is 84.9 Å². The summed E-state index contributed by atoms with van der Waals surface area (Å²) in [5, 5.41) is 1.21. The summed E-state index contributed by atoms with van der Waals surface area (Å²) in [7, 11) is 0. The van der Waals surface area contributed by atoms with Crippen molar-refractivity contribution in [2.45, 2.75) is 5.41 Å². The van der Waals surface area contributed by atoms with E-state index in [2.05, 4.69) is 108 Å². The van der Waals surface area contributed by atoms with E-state index in [4.69, 9.17) is 4.98 Å². The van der Waals surface area contributed by atoms with Gasteiger partial charge in [-0.15, -0.1) is 0 Å². The van der Waals surface area contributed by atoms with Crippen molar-refractivity contribution in [2.75, 3.05) is 0 Å². The molecule has 5 aromatic rings. The lowest BCUT2D eigenvalue weighted by Crippen LogP contribution is -2.31. The van der Waals surface area contributed by atoms with Crippen LogP contribution in [0, 0.1) is 0 Å². The fraction of sp³-hybridized carbons (Fsp3) is 0.0385. The molecular weight excluding hydrogens is 340 g/mol. The third-order valence-electron chi connectivity index (χ3n) is 5.46. The Morgan fingerprint density at radius 1 is 0.607 bits per heavy atom. The van der Waals surface area contributed by atoms with Crippen LogP contribution in [0.4, 0.5) is 0 Å². The van der Waals surface area contributed by atoms with Crippen molar-refractivity contribution in [3.05, 3.63) is 138 Å². The highest BCUT2D eigenvalue weighted by molar-refractivity contribution is 5.87. The average molecular weight is 360 g/mol. The van der Waals surface area contributed by atoms with Crippen LogP contribution in [0.2, 0.25) is 0 Å². The number of aromatic nitrogens is 2. The number of nitrogens with one attached hydrogen (secondary N) is 1. The Morgan fingerprint density at radius 3 is 1.86 bits per heavy atom. The van der Waals surface area contributed by atoms with E-state index >= 15 is 0 Å². The third-order valence-corrected chi connectivity index (χ3v) is 5.46. The molecule has 0 aliphatic heterocycles. The molecule has 2 aromatic heterocycles. The number of para-hydroxylation sites is 1. The molecule has 0 unspecified atom stereocenters. The largest absolute Gasteiger partial charge is 0.361 e. The zero-order valence-corrected chi connectivity index (χ0v) is 15.4. The number of nitrogens with zero attached hydrogens (tertiary/aromatic N) is 1. The number of hydrogen-bond acceptors (Lipinski definition) is 1. The minimum absolute atomic E-state index is 0.511. The van der Waals surface area contributed by atoms with Crippen molar-refractivity contribution in [1.29, 1.82) is 0 Å². The van der Waals surface area contributed by atoms with E-state index in [1.54, 1.807) is 0 Å². The number of benzene rings is 3. The first-order chi connectivity index (χ1) is 13.9. The molecule has 0 radical (unpaired) electrons. The Hall–Kier alpha value is -3.65. The fourth-order valence-electron chi connectivity index (χ4n) is 4.25. The quantitative estimate of drug-likeness (QED) is 0.422. The van der Waals surface area contributed by atoms with Gasteiger partial charge in [0.2, 0.25) is 0 Å². The summed E-state index contributed by atoms with van der Waals surface area (Å²) in [6.45, 7) is 0. The predicted octanol–water partition coefficient (Wildman–Crippen LogP) is 5.95. The van der Waals surface area contributed by atoms with E-state index < -0.39 is 5.41 Å². The molecule has 0 amide bonds. The van der Waals surface area contributed by atoms with Gasteiger partial charge in [-0.25, -0.2) is 0 Å². The zero-order valence-electron chi connectivity index (χ0n) is 15.4. The van der Waals surface area contributed by atoms with Crippen molar-refractivity contribution in [2.24, 2.45) is 0 Å². The number of pyridine rings is 1. The first-order valence-corrected chi connectivity index (χ1v) is 9.50. The first-order valence-electron chi connectivity index (χ1n) is 9.50. The minimum atomic E-state index is -0.511. The Balaban J connectivity index is 1.96. The van der Waals surface area contributed by atoms with Crippen LogP contribution in [0.5, 0.6) is 0 Å². The van der Waals surface area contributed by atoms with E-state index in [0.29, 0.717) is 0 Å². The van der Waals surface area contributed by atoms with Crippen LogP contribution >= 0.6 is 0 Å². The van der Waals surface area contributed by atoms with Crippen LogP contribution in [-0.2, 0) is 5.41 Å². The second kappa shape index (κ2) is 6.82. The SMILES string of the molecule is c1ccc(C(c2ccccc2)(c2ccccn2)c2c[nH]c3ccccc23)cc1. The lowest BCUT2D eigenvalue weighted by molar-refractivity contribution is 0.720. The molecule has 0 saturated carbocycles. The number of rotatable bonds is 4. The molecule has 0 saturated heterocycles. The summed E-state index contributed by atoms with van der Waals surface area (Å²) in [6, 6.07) is 36.0. The molecular formula is C26H20N2. The second-order valence-corrected chi connectivity index (χ2v) is 6.94. The van der Waals surface area contributed by atoms with Crippen LogP contribution in [0.25, 0.3) is 10.9 Å². The second-order valence-electron chi connectivity index (χ2n) is 6.94. The summed E-state index contributed by atoms with van der Waals surface area (Å²) in [5.74, 6) is 0. The van der Waals surface area contributed by atoms with Crippen LogP contribution in [0.1, 0.15) is 22.4 Å². The topological polar surface area (TPSA) is 28.7 Å². The number of fused-ring (bicyclic) bond motifs is 1. The summed E-state index contributed by atoms with van der Waals surface area (Å²) in [4.78, 5) is 8.33. The highest BCUT2D eigenvalue weighted by Gasteiger charge is 2.41. The maximum atomic E-state index is 4.85. The summed E-state index contributed by atoms with van der Waals surface area (Å²) < 4.78 is 0. The van der Waals surface area contributed by atoms with Gasteiger partial charge in [0.15, 0.2) is 0 Å². The molecule has 2 heterocycles. The van der Waals surface area contributed by atoms with Crippen LogP contribution in [0.3, 0.4) is 0 Å². The molecule has 2 heteroatoms. The van der Waals surface area contributed by atoms with Gasteiger partial charge in [-0.3, -0.25) is 4.98 Å². The van der Waals surface area contributed by atoms with Crippen molar-refractivity contribution < 1.29 is 0 Å². The van der Waals surface area contributed by atoms with E-state index in [0.717, 1.165) is 11.2 Å². The molecule has 0 fully saturated rings. The van der Waals surface area contributed by atoms with Gasteiger partial charge < -0.3 is 4.98 Å². The van der Waals surface area contributed by atoms with E-state index in [-0.39, 0.29) is 0 Å². The summed E-state index contributed by atoms with van der Waals surface area (Å²) in [5.41, 5.74) is 5.24. The van der Waals surface area contributed by atoms with Gasteiger partial charge in [0.1, 0.15) is 0 Å². The maximum Gasteiger partial charge on any atom is 0.0894 e. The molecule has 134 valence electrons. The highest BCUT2D eigenvalue weighted by Crippen LogP contribution is 2.46. The fourth-order valence-corrected chi connectivity index (χ4v) is 4.25. The molecule has 0 bridgehead atoms. The highest BCUT2D eigenvalue weighted by atomic mass is 14.7. The average Bonchev–Trinajstić information content (AvgIpc) is 3.21. The monoisotopic (exact) mass is 360 g/mol. The van der Waals surface area contributed by atoms with Crippen molar-refractivity contribution in [3.8, 4) is 0 Å². The smallest absolute Gasteiger partial charge is 0.0894 e. The molecule has 28 heavy (non-hydrogen) atoms. The van der Waals surface area contributed by atoms with E-state index in [9.17, 15) is 0 Å². The molecule has 5 rings (SSSR count). The van der Waals surface area contributed by atoms with E-state index in [1.807, 2.05) is 12.3 Å². The van der Waals surface area contributed by atoms with Gasteiger partial charge in [-0.2, -0.15) is 0 Å². The molecule has 3 aromatic carbocycles. The minimum Gasteiger partial charge on any atom is -0.361 e. The molecule has 0 aliphatic rings. The van der Waals surface area contributed by atoms with Gasteiger partial charge >= 0.3 is 0 Å². The van der Waals surface area contributed by atoms with Gasteiger partial charge in [-0.05, 0) is 34.9 Å². The molecule has 2 nitrogen and oxygen atoms in total. The van der Waals surface area contributed by atoms with Crippen LogP contribution in [-0.4, -0.2) is 9.97 Å². The van der Waals surface area contributed by atoms with Gasteiger partial charge in [0.05, 0.1) is 11.1 Å². The van der Waals surface area contributed by atoms with Gasteiger partial charge in [0.25, 0.3) is 0 Å². The van der Waals surface area contributed by atoms with Crippen molar-refractivity contribution in [3.63, 3.8) is 0 Å². The Kier molecular flexibility index (Phi) is 4.02. The lowest BCUT2D eigenvalue weighted by atomic mass is 9.67.